The molecule has 2 aromatic rings. The number of nitrogens with zero attached hydrogens (tertiary/aromatic N) is 2. The minimum absolute atomic E-state index is 0.163. The Morgan fingerprint density at radius 2 is 1.73 bits per heavy atom. The van der Waals surface area contributed by atoms with E-state index in [0.29, 0.717) is 5.92 Å². The number of amides is 1. The molecular weight excluding hydrogens is 272 g/mol. The number of likely N-dealkylation sites (tertiary alicyclic amines) is 1. The van der Waals surface area contributed by atoms with Crippen LogP contribution in [0.5, 0.6) is 0 Å². The van der Waals surface area contributed by atoms with E-state index in [2.05, 4.69) is 36.2 Å². The molecule has 0 saturated carbocycles. The van der Waals surface area contributed by atoms with Gasteiger partial charge in [0, 0.05) is 31.0 Å². The van der Waals surface area contributed by atoms with Crippen molar-refractivity contribution in [2.24, 2.45) is 0 Å². The molecule has 2 heterocycles. The molecule has 1 aromatic carbocycles. The summed E-state index contributed by atoms with van der Waals surface area (Å²) in [6, 6.07) is 12.2. The quantitative estimate of drug-likeness (QED) is 0.865. The van der Waals surface area contributed by atoms with Crippen molar-refractivity contribution < 1.29 is 4.79 Å². The smallest absolute Gasteiger partial charge is 0.253 e. The Morgan fingerprint density at radius 1 is 1.09 bits per heavy atom. The van der Waals surface area contributed by atoms with Gasteiger partial charge in [0.25, 0.3) is 5.91 Å². The Bertz CT molecular complexity index is 614. The van der Waals surface area contributed by atoms with Crippen LogP contribution in [0.4, 0.5) is 0 Å². The first-order valence-corrected chi connectivity index (χ1v) is 8.06. The molecule has 1 aliphatic heterocycles. The van der Waals surface area contributed by atoms with Gasteiger partial charge in [0.15, 0.2) is 0 Å². The summed E-state index contributed by atoms with van der Waals surface area (Å²) in [7, 11) is 0. The summed E-state index contributed by atoms with van der Waals surface area (Å²) in [4.78, 5) is 18.6. The highest BCUT2D eigenvalue weighted by Gasteiger charge is 2.24. The van der Waals surface area contributed by atoms with E-state index in [-0.39, 0.29) is 5.91 Å². The van der Waals surface area contributed by atoms with Gasteiger partial charge in [0.2, 0.25) is 0 Å². The summed E-state index contributed by atoms with van der Waals surface area (Å²) in [5.74, 6) is 0.713. The van der Waals surface area contributed by atoms with Crippen molar-refractivity contribution in [1.29, 1.82) is 0 Å². The van der Waals surface area contributed by atoms with Gasteiger partial charge in [-0.1, -0.05) is 19.1 Å². The third-order valence-electron chi connectivity index (χ3n) is 4.57. The van der Waals surface area contributed by atoms with Gasteiger partial charge in [-0.25, -0.2) is 0 Å². The Kier molecular flexibility index (Phi) is 4.52. The molecule has 0 N–H and O–H groups in total. The van der Waals surface area contributed by atoms with Gasteiger partial charge < -0.3 is 4.90 Å². The van der Waals surface area contributed by atoms with Crippen molar-refractivity contribution in [2.75, 3.05) is 13.1 Å². The van der Waals surface area contributed by atoms with Crippen LogP contribution in [0.3, 0.4) is 0 Å². The second kappa shape index (κ2) is 6.73. The minimum Gasteiger partial charge on any atom is -0.339 e. The molecule has 1 saturated heterocycles. The Balaban J connectivity index is 1.62. The topological polar surface area (TPSA) is 33.2 Å². The highest BCUT2D eigenvalue weighted by molar-refractivity contribution is 5.94. The normalized spacial score (nSPS) is 15.8. The van der Waals surface area contributed by atoms with Crippen molar-refractivity contribution >= 4 is 5.91 Å². The SMILES string of the molecule is CCc1ccc(C(=O)N2CCC(c3ccncc3)CC2)cc1. The molecule has 1 aromatic heterocycles. The van der Waals surface area contributed by atoms with Crippen LogP contribution in [-0.2, 0) is 6.42 Å². The van der Waals surface area contributed by atoms with Crippen LogP contribution in [0.1, 0.15) is 47.2 Å². The lowest BCUT2D eigenvalue weighted by Crippen LogP contribution is -2.37. The Morgan fingerprint density at radius 3 is 2.32 bits per heavy atom. The summed E-state index contributed by atoms with van der Waals surface area (Å²) < 4.78 is 0. The molecule has 0 unspecified atom stereocenters. The summed E-state index contributed by atoms with van der Waals surface area (Å²) in [5, 5.41) is 0. The maximum Gasteiger partial charge on any atom is 0.253 e. The Hall–Kier alpha value is -2.16. The van der Waals surface area contributed by atoms with Crippen LogP contribution >= 0.6 is 0 Å². The van der Waals surface area contributed by atoms with E-state index in [0.717, 1.165) is 37.9 Å². The number of hydrogen-bond acceptors (Lipinski definition) is 2. The lowest BCUT2D eigenvalue weighted by atomic mass is 9.90. The monoisotopic (exact) mass is 294 g/mol. The minimum atomic E-state index is 0.163. The van der Waals surface area contributed by atoms with E-state index >= 15 is 0 Å². The number of aromatic nitrogens is 1. The highest BCUT2D eigenvalue weighted by atomic mass is 16.2. The molecule has 1 fully saturated rings. The van der Waals surface area contributed by atoms with Crippen molar-refractivity contribution in [3.05, 3.63) is 65.5 Å². The van der Waals surface area contributed by atoms with Crippen LogP contribution in [0.2, 0.25) is 0 Å². The molecule has 114 valence electrons. The van der Waals surface area contributed by atoms with Crippen molar-refractivity contribution in [2.45, 2.75) is 32.1 Å². The third-order valence-corrected chi connectivity index (χ3v) is 4.57. The van der Waals surface area contributed by atoms with E-state index < -0.39 is 0 Å². The number of carbonyl (C=O) groups excluding carboxylic acids is 1. The lowest BCUT2D eigenvalue weighted by molar-refractivity contribution is 0.0713. The van der Waals surface area contributed by atoms with Gasteiger partial charge in [-0.15, -0.1) is 0 Å². The fourth-order valence-electron chi connectivity index (χ4n) is 3.12. The fraction of sp³-hybridized carbons (Fsp3) is 0.368. The van der Waals surface area contributed by atoms with Crippen LogP contribution in [0.15, 0.2) is 48.8 Å². The van der Waals surface area contributed by atoms with E-state index in [4.69, 9.17) is 0 Å². The van der Waals surface area contributed by atoms with E-state index in [9.17, 15) is 4.79 Å². The molecule has 1 amide bonds. The van der Waals surface area contributed by atoms with Crippen molar-refractivity contribution in [3.63, 3.8) is 0 Å². The number of piperidine rings is 1. The summed E-state index contributed by atoms with van der Waals surface area (Å²) >= 11 is 0. The molecule has 0 bridgehead atoms. The van der Waals surface area contributed by atoms with E-state index in [1.807, 2.05) is 29.4 Å². The number of benzene rings is 1. The standard InChI is InChI=1S/C19H22N2O/c1-2-15-3-5-18(6-4-15)19(22)21-13-9-17(10-14-21)16-7-11-20-12-8-16/h3-8,11-12,17H,2,9-10,13-14H2,1H3. The zero-order valence-corrected chi connectivity index (χ0v) is 13.0. The first-order valence-electron chi connectivity index (χ1n) is 8.06. The van der Waals surface area contributed by atoms with Crippen LogP contribution in [0.25, 0.3) is 0 Å². The van der Waals surface area contributed by atoms with Gasteiger partial charge in [0.05, 0.1) is 0 Å². The number of aryl methyl sites for hydroxylation is 1. The van der Waals surface area contributed by atoms with Crippen molar-refractivity contribution in [1.82, 2.24) is 9.88 Å². The lowest BCUT2D eigenvalue weighted by Gasteiger charge is -2.32. The largest absolute Gasteiger partial charge is 0.339 e. The predicted octanol–water partition coefficient (Wildman–Crippen LogP) is 3.66. The number of pyridine rings is 1. The molecule has 1 aliphatic rings. The zero-order chi connectivity index (χ0) is 15.4. The van der Waals surface area contributed by atoms with Gasteiger partial charge in [-0.05, 0) is 60.6 Å². The van der Waals surface area contributed by atoms with Crippen LogP contribution in [0, 0.1) is 0 Å². The first-order chi connectivity index (χ1) is 10.8. The van der Waals surface area contributed by atoms with E-state index in [1.165, 1.54) is 11.1 Å². The molecule has 0 spiro atoms. The number of hydrogen-bond donors (Lipinski definition) is 0. The first kappa shape index (κ1) is 14.8. The molecule has 0 radical (unpaired) electrons. The molecule has 3 heteroatoms. The van der Waals surface area contributed by atoms with Crippen LogP contribution < -0.4 is 0 Å². The average Bonchev–Trinajstić information content (AvgIpc) is 2.62. The third kappa shape index (κ3) is 3.19. The van der Waals surface area contributed by atoms with Gasteiger partial charge in [-0.3, -0.25) is 9.78 Å². The average molecular weight is 294 g/mol. The second-order valence-corrected chi connectivity index (χ2v) is 5.90. The van der Waals surface area contributed by atoms with Crippen molar-refractivity contribution in [3.8, 4) is 0 Å². The summed E-state index contributed by atoms with van der Waals surface area (Å²) in [6.45, 7) is 3.80. The van der Waals surface area contributed by atoms with Gasteiger partial charge >= 0.3 is 0 Å². The maximum absolute atomic E-state index is 12.6. The number of carbonyl (C=O) groups is 1. The van der Waals surface area contributed by atoms with E-state index in [1.54, 1.807) is 0 Å². The summed E-state index contributed by atoms with van der Waals surface area (Å²) in [5.41, 5.74) is 3.42. The highest BCUT2D eigenvalue weighted by Crippen LogP contribution is 2.28. The fourth-order valence-corrected chi connectivity index (χ4v) is 3.12. The molecule has 3 rings (SSSR count). The summed E-state index contributed by atoms with van der Waals surface area (Å²) in [6.07, 6.45) is 6.77. The predicted molar refractivity (Wildman–Crippen MR) is 87.9 cm³/mol. The maximum atomic E-state index is 12.6. The molecule has 0 atom stereocenters. The van der Waals surface area contributed by atoms with Gasteiger partial charge in [0.1, 0.15) is 0 Å². The van der Waals surface area contributed by atoms with Crippen LogP contribution in [-0.4, -0.2) is 28.9 Å². The Labute approximate surface area is 132 Å². The number of rotatable bonds is 3. The molecule has 0 aliphatic carbocycles. The van der Waals surface area contributed by atoms with Gasteiger partial charge in [-0.2, -0.15) is 0 Å². The molecule has 22 heavy (non-hydrogen) atoms. The second-order valence-electron chi connectivity index (χ2n) is 5.90. The molecule has 3 nitrogen and oxygen atoms in total. The molecular formula is C19H22N2O. The zero-order valence-electron chi connectivity index (χ0n) is 13.0.